The molecule has 0 aliphatic carbocycles. The van der Waals surface area contributed by atoms with Crippen molar-refractivity contribution in [2.45, 2.75) is 134 Å². The first-order chi connectivity index (χ1) is 18.7. The Balaban J connectivity index is 2.32. The number of aliphatic hydroxyl groups excluding tert-OH is 3. The van der Waals surface area contributed by atoms with E-state index in [1.54, 1.807) is 0 Å². The fraction of sp³-hybridized carbons (Fsp3) is 0.852. The van der Waals surface area contributed by atoms with Gasteiger partial charge >= 0.3 is 29.7 Å². The number of aliphatic hydroxyl groups is 4. The molecule has 1 saturated heterocycles. The summed E-state index contributed by atoms with van der Waals surface area (Å²) in [5, 5.41) is 39.2. The molecule has 1 aliphatic heterocycles. The van der Waals surface area contributed by atoms with Gasteiger partial charge in [-0.25, -0.2) is 14.4 Å². The number of rotatable bonds is 20. The van der Waals surface area contributed by atoms with Crippen molar-refractivity contribution in [2.24, 2.45) is 0 Å². The van der Waals surface area contributed by atoms with E-state index in [-0.39, 0.29) is 6.42 Å². The Hall–Kier alpha value is -2.28. The number of hydrogen-bond acceptors (Lipinski definition) is 12. The van der Waals surface area contributed by atoms with Crippen LogP contribution < -0.4 is 0 Å². The maximum atomic E-state index is 12.3. The Bertz CT molecular complexity index is 740. The Morgan fingerprint density at radius 2 is 1.21 bits per heavy atom. The summed E-state index contributed by atoms with van der Waals surface area (Å²) in [7, 11) is 0. The van der Waals surface area contributed by atoms with E-state index in [2.05, 4.69) is 25.9 Å². The van der Waals surface area contributed by atoms with Crippen molar-refractivity contribution in [3.8, 4) is 0 Å². The molecule has 1 fully saturated rings. The van der Waals surface area contributed by atoms with Gasteiger partial charge in [-0.2, -0.15) is 0 Å². The van der Waals surface area contributed by atoms with Gasteiger partial charge in [-0.05, 0) is 6.42 Å². The van der Waals surface area contributed by atoms with E-state index < -0.39 is 61.4 Å². The third-order valence-electron chi connectivity index (χ3n) is 6.48. The summed E-state index contributed by atoms with van der Waals surface area (Å²) in [5.41, 5.74) is 0. The SMILES string of the molecule is CCCCCCCCCCCCCCCCCC(=O)OC(O)C1(O)OC(=O)C(CO)OC(=O)C(CO)OC1=O. The molecule has 0 aromatic carbocycles. The molecule has 0 radical (unpaired) electrons. The zero-order chi connectivity index (χ0) is 29.1. The summed E-state index contributed by atoms with van der Waals surface area (Å²) in [4.78, 5) is 48.5. The van der Waals surface area contributed by atoms with Crippen LogP contribution in [-0.4, -0.2) is 81.8 Å². The van der Waals surface area contributed by atoms with E-state index in [0.29, 0.717) is 6.42 Å². The topological polar surface area (TPSA) is 186 Å². The van der Waals surface area contributed by atoms with E-state index in [4.69, 9.17) is 0 Å². The number of esters is 4. The van der Waals surface area contributed by atoms with Crippen LogP contribution in [0.5, 0.6) is 0 Å². The monoisotopic (exact) mass is 562 g/mol. The highest BCUT2D eigenvalue weighted by Crippen LogP contribution is 2.22. The van der Waals surface area contributed by atoms with E-state index in [1.807, 2.05) is 0 Å². The van der Waals surface area contributed by atoms with Crippen LogP contribution in [0.25, 0.3) is 0 Å². The highest BCUT2D eigenvalue weighted by Gasteiger charge is 2.55. The quantitative estimate of drug-likeness (QED) is 0.0734. The van der Waals surface area contributed by atoms with Gasteiger partial charge in [-0.3, -0.25) is 4.79 Å². The number of unbranched alkanes of at least 4 members (excludes halogenated alkanes) is 14. The lowest BCUT2D eigenvalue weighted by Gasteiger charge is -2.29. The van der Waals surface area contributed by atoms with Gasteiger partial charge in [0, 0.05) is 6.42 Å². The van der Waals surface area contributed by atoms with Crippen LogP contribution >= 0.6 is 0 Å². The van der Waals surface area contributed by atoms with Crippen molar-refractivity contribution >= 4 is 23.9 Å². The maximum Gasteiger partial charge on any atom is 0.387 e. The molecule has 0 saturated carbocycles. The molecular weight excluding hydrogens is 516 g/mol. The highest BCUT2D eigenvalue weighted by atomic mass is 16.8. The van der Waals surface area contributed by atoms with E-state index in [9.17, 15) is 39.6 Å². The van der Waals surface area contributed by atoms with Crippen LogP contribution in [0.1, 0.15) is 110 Å². The highest BCUT2D eigenvalue weighted by molar-refractivity contribution is 5.89. The number of ether oxygens (including phenoxy) is 4. The minimum Gasteiger partial charge on any atom is -0.445 e. The number of carbonyl (C=O) groups is 4. The van der Waals surface area contributed by atoms with Crippen LogP contribution in [0, 0.1) is 0 Å². The molecule has 4 unspecified atom stereocenters. The second-order valence-electron chi connectivity index (χ2n) is 9.84. The van der Waals surface area contributed by atoms with Gasteiger partial charge in [0.2, 0.25) is 12.2 Å². The lowest BCUT2D eigenvalue weighted by Crippen LogP contribution is -2.57. The Morgan fingerprint density at radius 3 is 1.67 bits per heavy atom. The van der Waals surface area contributed by atoms with Crippen molar-refractivity contribution in [3.05, 3.63) is 0 Å². The summed E-state index contributed by atoms with van der Waals surface area (Å²) in [6, 6.07) is 0. The average Bonchev–Trinajstić information content (AvgIpc) is 2.94. The molecule has 39 heavy (non-hydrogen) atoms. The second-order valence-corrected chi connectivity index (χ2v) is 9.84. The van der Waals surface area contributed by atoms with Crippen molar-refractivity contribution < 1.29 is 58.6 Å². The fourth-order valence-corrected chi connectivity index (χ4v) is 4.07. The van der Waals surface area contributed by atoms with E-state index in [0.717, 1.165) is 25.7 Å². The molecular formula is C27H46O12. The standard InChI is InChI=1S/C27H46O12/c1-2-3-4-5-6-7-8-9-10-11-12-13-14-15-16-17-22(30)38-26(34)27(35)25(33)37-20(18-28)23(31)36-21(19-29)24(32)39-27/h20-21,26,28-29,34-35H,2-19H2,1H3. The molecule has 1 rings (SSSR count). The molecule has 0 aromatic heterocycles. The number of cyclic esters (lactones) is 3. The van der Waals surface area contributed by atoms with Gasteiger partial charge in [0.15, 0.2) is 0 Å². The molecule has 0 spiro atoms. The maximum absolute atomic E-state index is 12.3. The predicted molar refractivity (Wildman–Crippen MR) is 137 cm³/mol. The average molecular weight is 563 g/mol. The molecule has 1 heterocycles. The number of hydrogen-bond donors (Lipinski definition) is 4. The van der Waals surface area contributed by atoms with Crippen molar-refractivity contribution in [2.75, 3.05) is 13.2 Å². The molecule has 0 bridgehead atoms. The molecule has 1 aliphatic rings. The smallest absolute Gasteiger partial charge is 0.387 e. The van der Waals surface area contributed by atoms with Crippen LogP contribution in [0.4, 0.5) is 0 Å². The molecule has 4 N–H and O–H groups in total. The Kier molecular flexibility index (Phi) is 17.6. The minimum absolute atomic E-state index is 0.130. The first-order valence-corrected chi connectivity index (χ1v) is 14.2. The van der Waals surface area contributed by atoms with Gasteiger partial charge in [-0.15, -0.1) is 0 Å². The summed E-state index contributed by atoms with van der Waals surface area (Å²) >= 11 is 0. The van der Waals surface area contributed by atoms with Crippen molar-refractivity contribution in [1.82, 2.24) is 0 Å². The fourth-order valence-electron chi connectivity index (χ4n) is 4.07. The molecule has 0 amide bonds. The van der Waals surface area contributed by atoms with Crippen LogP contribution in [0.2, 0.25) is 0 Å². The van der Waals surface area contributed by atoms with Gasteiger partial charge in [0.05, 0.1) is 13.2 Å². The largest absolute Gasteiger partial charge is 0.445 e. The summed E-state index contributed by atoms with van der Waals surface area (Å²) in [6.07, 6.45) is 10.3. The van der Waals surface area contributed by atoms with Gasteiger partial charge in [0.25, 0.3) is 6.29 Å². The van der Waals surface area contributed by atoms with Crippen LogP contribution in [0.15, 0.2) is 0 Å². The Morgan fingerprint density at radius 1 is 0.769 bits per heavy atom. The molecule has 12 heteroatoms. The molecule has 0 aromatic rings. The molecule has 12 nitrogen and oxygen atoms in total. The summed E-state index contributed by atoms with van der Waals surface area (Å²) in [5.74, 6) is -9.42. The lowest BCUT2D eigenvalue weighted by atomic mass is 10.0. The third-order valence-corrected chi connectivity index (χ3v) is 6.48. The van der Waals surface area contributed by atoms with Crippen molar-refractivity contribution in [1.29, 1.82) is 0 Å². The van der Waals surface area contributed by atoms with E-state index in [1.165, 1.54) is 64.2 Å². The van der Waals surface area contributed by atoms with Gasteiger partial charge < -0.3 is 39.4 Å². The zero-order valence-electron chi connectivity index (χ0n) is 23.0. The predicted octanol–water partition coefficient (Wildman–Crippen LogP) is 2.16. The van der Waals surface area contributed by atoms with Crippen LogP contribution in [0.3, 0.4) is 0 Å². The second kappa shape index (κ2) is 19.7. The third kappa shape index (κ3) is 13.1. The van der Waals surface area contributed by atoms with Crippen LogP contribution in [-0.2, 0) is 38.1 Å². The normalized spacial score (nSPS) is 22.6. The molecule has 4 atom stereocenters. The lowest BCUT2D eigenvalue weighted by molar-refractivity contribution is -0.300. The number of carbonyl (C=O) groups excluding carboxylic acids is 4. The molecule has 226 valence electrons. The summed E-state index contributed by atoms with van der Waals surface area (Å²) in [6.45, 7) is 0.0327. The zero-order valence-corrected chi connectivity index (χ0v) is 23.0. The van der Waals surface area contributed by atoms with Gasteiger partial charge in [0.1, 0.15) is 0 Å². The van der Waals surface area contributed by atoms with Gasteiger partial charge in [-0.1, -0.05) is 96.8 Å². The minimum atomic E-state index is -3.56. The first-order valence-electron chi connectivity index (χ1n) is 14.2. The van der Waals surface area contributed by atoms with Crippen molar-refractivity contribution in [3.63, 3.8) is 0 Å². The van der Waals surface area contributed by atoms with E-state index >= 15 is 0 Å². The first kappa shape index (κ1) is 34.7. The summed E-state index contributed by atoms with van der Waals surface area (Å²) < 4.78 is 18.3. The Labute approximate surface area is 229 Å².